The molecule has 11 heteroatoms. The number of hydrogen-bond acceptors (Lipinski definition) is 9. The predicted octanol–water partition coefficient (Wildman–Crippen LogP) is 11.2. The van der Waals surface area contributed by atoms with Crippen molar-refractivity contribution in [3.8, 4) is 0 Å². The maximum Gasteiger partial charge on any atom is 0.472 e. The summed E-state index contributed by atoms with van der Waals surface area (Å²) < 4.78 is 32.7. The summed E-state index contributed by atoms with van der Waals surface area (Å²) in [6, 6.07) is 0. The van der Waals surface area contributed by atoms with Crippen molar-refractivity contribution in [1.29, 1.82) is 0 Å². The fraction of sp³-hybridized carbons (Fsp3) is 0.689. The summed E-state index contributed by atoms with van der Waals surface area (Å²) in [5.74, 6) is -0.930. The molecule has 56 heavy (non-hydrogen) atoms. The number of phosphoric ester groups is 1. The second-order valence-corrected chi connectivity index (χ2v) is 15.5. The highest BCUT2D eigenvalue weighted by molar-refractivity contribution is 7.47. The van der Waals surface area contributed by atoms with Gasteiger partial charge >= 0.3 is 19.8 Å². The number of carbonyl (C=O) groups is 2. The molecule has 0 aliphatic heterocycles. The summed E-state index contributed by atoms with van der Waals surface area (Å²) in [6.45, 7) is 3.41. The second-order valence-electron chi connectivity index (χ2n) is 14.0. The van der Waals surface area contributed by atoms with Gasteiger partial charge in [0, 0.05) is 19.4 Å². The van der Waals surface area contributed by atoms with Crippen LogP contribution in [0.15, 0.2) is 72.9 Å². The smallest absolute Gasteiger partial charge is 0.462 e. The lowest BCUT2D eigenvalue weighted by Crippen LogP contribution is -2.29. The van der Waals surface area contributed by atoms with Gasteiger partial charge in [0.1, 0.15) is 6.61 Å². The topological polar surface area (TPSA) is 155 Å². The fourth-order valence-electron chi connectivity index (χ4n) is 5.44. The quantitative estimate of drug-likeness (QED) is 0.0236. The molecule has 0 radical (unpaired) electrons. The SMILES string of the molecule is CCCCC/C=C\C/C=C\CCCCCCCCCC(=O)O[C@H](COC(=O)CCC/C=C\C/C=C\C/C=C\C/C=C\CC(O)CCC)COP(=O)(O)OCCN. The Hall–Kier alpha value is -2.59. The molecule has 0 aromatic rings. The third kappa shape index (κ3) is 39.6. The molecule has 0 saturated heterocycles. The summed E-state index contributed by atoms with van der Waals surface area (Å²) in [7, 11) is -4.40. The van der Waals surface area contributed by atoms with E-state index in [-0.39, 0.29) is 38.7 Å². The normalized spacial score (nSPS) is 14.6. The van der Waals surface area contributed by atoms with Crippen LogP contribution in [-0.2, 0) is 32.7 Å². The van der Waals surface area contributed by atoms with Crippen molar-refractivity contribution in [2.24, 2.45) is 5.73 Å². The number of allylic oxidation sites excluding steroid dienone is 11. The van der Waals surface area contributed by atoms with Gasteiger partial charge in [-0.2, -0.15) is 0 Å². The zero-order valence-electron chi connectivity index (χ0n) is 35.0. The Morgan fingerprint density at radius 2 is 1.11 bits per heavy atom. The van der Waals surface area contributed by atoms with Crippen molar-refractivity contribution in [3.05, 3.63) is 72.9 Å². The third-order valence-corrected chi connectivity index (χ3v) is 9.60. The number of nitrogens with two attached hydrogens (primary N) is 1. The number of hydrogen-bond donors (Lipinski definition) is 3. The largest absolute Gasteiger partial charge is 0.472 e. The van der Waals surface area contributed by atoms with E-state index in [1.165, 1.54) is 44.9 Å². The lowest BCUT2D eigenvalue weighted by Gasteiger charge is -2.19. The maximum absolute atomic E-state index is 12.6. The number of phosphoric acid groups is 1. The van der Waals surface area contributed by atoms with Crippen LogP contribution in [0.4, 0.5) is 0 Å². The molecule has 4 N–H and O–H groups in total. The number of rotatable bonds is 39. The molecular formula is C45H78NO9P. The van der Waals surface area contributed by atoms with Gasteiger partial charge in [-0.1, -0.05) is 138 Å². The summed E-state index contributed by atoms with van der Waals surface area (Å²) in [5.41, 5.74) is 5.34. The molecule has 322 valence electrons. The lowest BCUT2D eigenvalue weighted by atomic mass is 10.1. The molecule has 0 aromatic carbocycles. The van der Waals surface area contributed by atoms with E-state index in [4.69, 9.17) is 24.3 Å². The Morgan fingerprint density at radius 3 is 1.68 bits per heavy atom. The van der Waals surface area contributed by atoms with Crippen molar-refractivity contribution in [3.63, 3.8) is 0 Å². The molecule has 2 unspecified atom stereocenters. The Balaban J connectivity index is 4.30. The summed E-state index contributed by atoms with van der Waals surface area (Å²) in [4.78, 5) is 34.8. The van der Waals surface area contributed by atoms with E-state index in [9.17, 15) is 24.2 Å². The molecular weight excluding hydrogens is 729 g/mol. The first kappa shape index (κ1) is 53.4. The zero-order valence-corrected chi connectivity index (χ0v) is 35.8. The van der Waals surface area contributed by atoms with Crippen LogP contribution < -0.4 is 5.73 Å². The van der Waals surface area contributed by atoms with Gasteiger partial charge in [-0.25, -0.2) is 4.57 Å². The highest BCUT2D eigenvalue weighted by Crippen LogP contribution is 2.43. The monoisotopic (exact) mass is 808 g/mol. The highest BCUT2D eigenvalue weighted by atomic mass is 31.2. The minimum Gasteiger partial charge on any atom is -0.462 e. The molecule has 0 rings (SSSR count). The van der Waals surface area contributed by atoms with Crippen LogP contribution in [0.5, 0.6) is 0 Å². The van der Waals surface area contributed by atoms with Crippen LogP contribution in [0.1, 0.15) is 162 Å². The van der Waals surface area contributed by atoms with E-state index >= 15 is 0 Å². The average Bonchev–Trinajstić information content (AvgIpc) is 3.17. The highest BCUT2D eigenvalue weighted by Gasteiger charge is 2.26. The molecule has 0 amide bonds. The first-order valence-electron chi connectivity index (χ1n) is 21.5. The van der Waals surface area contributed by atoms with Crippen LogP contribution in [0.25, 0.3) is 0 Å². The van der Waals surface area contributed by atoms with Crippen LogP contribution in [-0.4, -0.2) is 60.5 Å². The first-order chi connectivity index (χ1) is 27.2. The van der Waals surface area contributed by atoms with Gasteiger partial charge < -0.3 is 25.2 Å². The number of unbranched alkanes of at least 4 members (excludes halogenated alkanes) is 11. The Labute approximate surface area is 340 Å². The van der Waals surface area contributed by atoms with Gasteiger partial charge in [0.2, 0.25) is 0 Å². The average molecular weight is 808 g/mol. The maximum atomic E-state index is 12.6. The zero-order chi connectivity index (χ0) is 41.2. The summed E-state index contributed by atoms with van der Waals surface area (Å²) in [5, 5.41) is 9.72. The fourth-order valence-corrected chi connectivity index (χ4v) is 6.20. The Morgan fingerprint density at radius 1 is 0.607 bits per heavy atom. The molecule has 0 saturated carbocycles. The molecule has 0 aliphatic rings. The van der Waals surface area contributed by atoms with Gasteiger partial charge in [-0.3, -0.25) is 18.6 Å². The number of ether oxygens (including phenoxy) is 2. The lowest BCUT2D eigenvalue weighted by molar-refractivity contribution is -0.161. The molecule has 0 fully saturated rings. The first-order valence-corrected chi connectivity index (χ1v) is 23.0. The van der Waals surface area contributed by atoms with Crippen molar-refractivity contribution in [1.82, 2.24) is 0 Å². The predicted molar refractivity (Wildman–Crippen MR) is 230 cm³/mol. The van der Waals surface area contributed by atoms with Gasteiger partial charge in [0.25, 0.3) is 0 Å². The molecule has 10 nitrogen and oxygen atoms in total. The summed E-state index contributed by atoms with van der Waals surface area (Å²) >= 11 is 0. The summed E-state index contributed by atoms with van der Waals surface area (Å²) in [6.07, 6.45) is 45.7. The third-order valence-electron chi connectivity index (χ3n) is 8.62. The van der Waals surface area contributed by atoms with Gasteiger partial charge in [0.05, 0.1) is 19.3 Å². The molecule has 3 atom stereocenters. The second kappa shape index (κ2) is 40.6. The van der Waals surface area contributed by atoms with Gasteiger partial charge in [0.15, 0.2) is 6.10 Å². The van der Waals surface area contributed by atoms with E-state index in [0.717, 1.165) is 64.2 Å². The van der Waals surface area contributed by atoms with Crippen molar-refractivity contribution in [2.75, 3.05) is 26.4 Å². The van der Waals surface area contributed by atoms with Gasteiger partial charge in [-0.15, -0.1) is 0 Å². The molecule has 0 bridgehead atoms. The van der Waals surface area contributed by atoms with E-state index < -0.39 is 32.5 Å². The van der Waals surface area contributed by atoms with Gasteiger partial charge in [-0.05, 0) is 83.5 Å². The van der Waals surface area contributed by atoms with E-state index in [2.05, 4.69) is 74.6 Å². The van der Waals surface area contributed by atoms with E-state index in [1.807, 2.05) is 12.2 Å². The number of aliphatic hydroxyl groups excluding tert-OH is 1. The van der Waals surface area contributed by atoms with Crippen LogP contribution >= 0.6 is 7.82 Å². The van der Waals surface area contributed by atoms with E-state index in [1.54, 1.807) is 0 Å². The standard InChI is InChI=1S/C45H78NO9P/c1-3-5-6-7-8-9-10-11-12-13-14-17-21-24-27-30-33-37-45(49)55-43(41-54-56(50,51)53-39-38-46)40-52-44(48)36-32-29-26-23-20-18-15-16-19-22-25-28-31-35-42(47)34-4-2/h8-9,11-12,15,18-19,22-23,26,28,31,42-43,47H,3-7,10,13-14,16-17,20-21,24-25,27,29-30,32-41,46H2,1-2H3,(H,50,51)/b9-8-,12-11-,18-15-,22-19-,26-23-,31-28-/t42?,43-/m1/s1. The Kier molecular flexibility index (Phi) is 38.7. The molecule has 0 heterocycles. The minimum absolute atomic E-state index is 0.0354. The number of aliphatic hydroxyl groups is 1. The van der Waals surface area contributed by atoms with Crippen molar-refractivity contribution >= 4 is 19.8 Å². The molecule has 0 aromatic heterocycles. The number of carbonyl (C=O) groups excluding carboxylic acids is 2. The number of esters is 2. The van der Waals surface area contributed by atoms with Crippen molar-refractivity contribution < 1.29 is 42.7 Å². The van der Waals surface area contributed by atoms with Crippen molar-refractivity contribution in [2.45, 2.75) is 174 Å². The molecule has 0 spiro atoms. The van der Waals surface area contributed by atoms with Crippen LogP contribution in [0.3, 0.4) is 0 Å². The van der Waals surface area contributed by atoms with Crippen LogP contribution in [0, 0.1) is 0 Å². The van der Waals surface area contributed by atoms with E-state index in [0.29, 0.717) is 25.7 Å². The van der Waals surface area contributed by atoms with Crippen LogP contribution in [0.2, 0.25) is 0 Å². The molecule has 0 aliphatic carbocycles. The minimum atomic E-state index is -4.40. The Bertz CT molecular complexity index is 1160.